The van der Waals surface area contributed by atoms with Gasteiger partial charge in [-0.3, -0.25) is 0 Å². The number of halogens is 4. The standard InChI is InChI=1S/3C7H7Cl.C6H5Cl/c1-6-2-4-7(8)5-3-6;1-6-3-2-4-7(8)5-6;1-6-4-2-3-5-7(6)8;7-6-4-2-1-3-5-6/h3*2-5H,1H3;1-5H. The lowest BCUT2D eigenvalue weighted by molar-refractivity contribution is 1.47. The predicted octanol–water partition coefficient (Wildman–Crippen LogP) is 10.3. The highest BCUT2D eigenvalue weighted by Crippen LogP contribution is 2.12. The lowest BCUT2D eigenvalue weighted by atomic mass is 10.2. The van der Waals surface area contributed by atoms with E-state index in [1.165, 1.54) is 11.1 Å². The molecule has 4 rings (SSSR count). The van der Waals surface area contributed by atoms with Gasteiger partial charge < -0.3 is 0 Å². The maximum absolute atomic E-state index is 5.71. The van der Waals surface area contributed by atoms with Gasteiger partial charge in [-0.25, -0.2) is 0 Å². The van der Waals surface area contributed by atoms with Crippen LogP contribution in [0.2, 0.25) is 20.1 Å². The van der Waals surface area contributed by atoms with Crippen molar-refractivity contribution in [3.8, 4) is 0 Å². The fourth-order valence-corrected chi connectivity index (χ4v) is 2.76. The number of hydrogen-bond acceptors (Lipinski definition) is 0. The van der Waals surface area contributed by atoms with E-state index in [2.05, 4.69) is 0 Å². The molecule has 162 valence electrons. The predicted molar refractivity (Wildman–Crippen MR) is 140 cm³/mol. The Morgan fingerprint density at radius 2 is 0.935 bits per heavy atom. The molecule has 0 N–H and O–H groups in total. The van der Waals surface area contributed by atoms with Crippen molar-refractivity contribution in [1.29, 1.82) is 0 Å². The molecule has 0 saturated heterocycles. The van der Waals surface area contributed by atoms with Gasteiger partial charge in [-0.15, -0.1) is 0 Å². The molecule has 0 amide bonds. The molecule has 0 nitrogen and oxygen atoms in total. The molecule has 4 aromatic rings. The van der Waals surface area contributed by atoms with Crippen LogP contribution in [0.25, 0.3) is 0 Å². The van der Waals surface area contributed by atoms with Crippen LogP contribution < -0.4 is 0 Å². The summed E-state index contributed by atoms with van der Waals surface area (Å²) in [4.78, 5) is 0. The molecular formula is C27H26Cl4. The van der Waals surface area contributed by atoms with E-state index in [1.807, 2.05) is 124 Å². The molecule has 0 radical (unpaired) electrons. The maximum atomic E-state index is 5.71. The lowest BCUT2D eigenvalue weighted by Crippen LogP contribution is -1.68. The minimum absolute atomic E-state index is 0.794. The SMILES string of the molecule is Cc1ccc(Cl)cc1.Cc1cccc(Cl)c1.Cc1ccccc1Cl.Clc1ccccc1. The van der Waals surface area contributed by atoms with Gasteiger partial charge in [0.1, 0.15) is 0 Å². The highest BCUT2D eigenvalue weighted by Gasteiger charge is 1.86. The van der Waals surface area contributed by atoms with Crippen molar-refractivity contribution in [3.05, 3.63) is 140 Å². The Balaban J connectivity index is 0.000000207. The van der Waals surface area contributed by atoms with E-state index in [-0.39, 0.29) is 0 Å². The third kappa shape index (κ3) is 13.9. The van der Waals surface area contributed by atoms with Crippen molar-refractivity contribution in [1.82, 2.24) is 0 Å². The largest absolute Gasteiger partial charge is 0.0843 e. The topological polar surface area (TPSA) is 0 Å². The van der Waals surface area contributed by atoms with E-state index < -0.39 is 0 Å². The van der Waals surface area contributed by atoms with Gasteiger partial charge in [-0.05, 0) is 74.4 Å². The van der Waals surface area contributed by atoms with Crippen molar-refractivity contribution in [2.24, 2.45) is 0 Å². The smallest absolute Gasteiger partial charge is 0.0435 e. The molecule has 0 aliphatic rings. The number of rotatable bonds is 0. The number of aryl methyl sites for hydroxylation is 3. The molecule has 0 atom stereocenters. The molecule has 0 spiro atoms. The molecule has 31 heavy (non-hydrogen) atoms. The highest BCUT2D eigenvalue weighted by atomic mass is 35.5. The molecule has 0 unspecified atom stereocenters. The second-order valence-electron chi connectivity index (χ2n) is 6.64. The van der Waals surface area contributed by atoms with Crippen molar-refractivity contribution in [3.63, 3.8) is 0 Å². The minimum Gasteiger partial charge on any atom is -0.0843 e. The molecule has 4 aromatic carbocycles. The summed E-state index contributed by atoms with van der Waals surface area (Å²) in [6.45, 7) is 6.05. The first-order valence-electron chi connectivity index (χ1n) is 9.64. The third-order valence-electron chi connectivity index (χ3n) is 3.80. The Labute approximate surface area is 206 Å². The van der Waals surface area contributed by atoms with Gasteiger partial charge in [0.05, 0.1) is 0 Å². The fraction of sp³-hybridized carbons (Fsp3) is 0.111. The molecular weight excluding hydrogens is 466 g/mol. The fourth-order valence-electron chi connectivity index (χ4n) is 2.10. The van der Waals surface area contributed by atoms with Crippen LogP contribution in [0.15, 0.2) is 103 Å². The van der Waals surface area contributed by atoms with Crippen molar-refractivity contribution in [2.75, 3.05) is 0 Å². The van der Waals surface area contributed by atoms with Crippen LogP contribution >= 0.6 is 46.4 Å². The summed E-state index contributed by atoms with van der Waals surface area (Å²) in [5.74, 6) is 0. The molecule has 0 saturated carbocycles. The van der Waals surface area contributed by atoms with Gasteiger partial charge in [-0.1, -0.05) is 113 Å². The third-order valence-corrected chi connectivity index (χ3v) is 4.96. The molecule has 0 fully saturated rings. The maximum Gasteiger partial charge on any atom is 0.0435 e. The first-order valence-corrected chi connectivity index (χ1v) is 11.1. The zero-order valence-electron chi connectivity index (χ0n) is 17.8. The Morgan fingerprint density at radius 1 is 0.419 bits per heavy atom. The first kappa shape index (κ1) is 27.1. The highest BCUT2D eigenvalue weighted by molar-refractivity contribution is 6.31. The average Bonchev–Trinajstić information content (AvgIpc) is 2.74. The van der Waals surface area contributed by atoms with E-state index >= 15 is 0 Å². The number of benzene rings is 4. The number of hydrogen-bond donors (Lipinski definition) is 0. The Bertz CT molecular complexity index is 938. The van der Waals surface area contributed by atoms with Gasteiger partial charge in [-0.2, -0.15) is 0 Å². The summed E-state index contributed by atoms with van der Waals surface area (Å²) < 4.78 is 0. The molecule has 0 aromatic heterocycles. The van der Waals surface area contributed by atoms with Crippen LogP contribution in [0, 0.1) is 20.8 Å². The summed E-state index contributed by atoms with van der Waals surface area (Å²) in [5, 5.41) is 3.25. The zero-order valence-corrected chi connectivity index (χ0v) is 20.9. The van der Waals surface area contributed by atoms with E-state index in [4.69, 9.17) is 46.4 Å². The Hall–Kier alpha value is -1.96. The monoisotopic (exact) mass is 490 g/mol. The van der Waals surface area contributed by atoms with Crippen LogP contribution in [0.3, 0.4) is 0 Å². The first-order chi connectivity index (χ1) is 14.8. The van der Waals surface area contributed by atoms with Crippen LogP contribution in [0.5, 0.6) is 0 Å². The average molecular weight is 492 g/mol. The van der Waals surface area contributed by atoms with Crippen molar-refractivity contribution < 1.29 is 0 Å². The Morgan fingerprint density at radius 3 is 1.29 bits per heavy atom. The summed E-state index contributed by atoms with van der Waals surface area (Å²) in [5.41, 5.74) is 3.58. The normalized spacial score (nSPS) is 9.13. The van der Waals surface area contributed by atoms with Crippen LogP contribution in [0.1, 0.15) is 16.7 Å². The lowest BCUT2D eigenvalue weighted by Gasteiger charge is -1.90. The zero-order chi connectivity index (χ0) is 23.1. The van der Waals surface area contributed by atoms with Crippen LogP contribution in [0.4, 0.5) is 0 Å². The molecule has 0 heterocycles. The summed E-state index contributed by atoms with van der Waals surface area (Å²) in [6.07, 6.45) is 0. The van der Waals surface area contributed by atoms with Gasteiger partial charge in [0.15, 0.2) is 0 Å². The minimum atomic E-state index is 0.794. The van der Waals surface area contributed by atoms with E-state index in [0.29, 0.717) is 0 Å². The summed E-state index contributed by atoms with van der Waals surface area (Å²) >= 11 is 22.5. The van der Waals surface area contributed by atoms with Gasteiger partial charge in [0.2, 0.25) is 0 Å². The second kappa shape index (κ2) is 15.8. The van der Waals surface area contributed by atoms with Gasteiger partial charge in [0, 0.05) is 20.1 Å². The molecule has 4 heteroatoms. The van der Waals surface area contributed by atoms with Crippen LogP contribution in [-0.4, -0.2) is 0 Å². The molecule has 0 bridgehead atoms. The quantitative estimate of drug-likeness (QED) is 0.229. The van der Waals surface area contributed by atoms with Crippen molar-refractivity contribution >= 4 is 46.4 Å². The molecule has 0 aliphatic heterocycles. The van der Waals surface area contributed by atoms with E-state index in [9.17, 15) is 0 Å². The second-order valence-corrected chi connectivity index (χ2v) is 8.36. The molecule has 0 aliphatic carbocycles. The van der Waals surface area contributed by atoms with Crippen LogP contribution in [-0.2, 0) is 0 Å². The van der Waals surface area contributed by atoms with Crippen molar-refractivity contribution in [2.45, 2.75) is 20.8 Å². The Kier molecular flexibility index (Phi) is 13.8. The van der Waals surface area contributed by atoms with Gasteiger partial charge >= 0.3 is 0 Å². The summed E-state index contributed by atoms with van der Waals surface area (Å²) in [7, 11) is 0. The van der Waals surface area contributed by atoms with E-state index in [0.717, 1.165) is 25.7 Å². The van der Waals surface area contributed by atoms with Gasteiger partial charge in [0.25, 0.3) is 0 Å². The van der Waals surface area contributed by atoms with E-state index in [1.54, 1.807) is 0 Å². The summed E-state index contributed by atoms with van der Waals surface area (Å²) in [6, 6.07) is 32.7.